The van der Waals surface area contributed by atoms with Crippen molar-refractivity contribution < 1.29 is 29.2 Å². The first-order chi connectivity index (χ1) is 9.29. The summed E-state index contributed by atoms with van der Waals surface area (Å²) in [5.74, 6) is -1.53. The highest BCUT2D eigenvalue weighted by atomic mass is 16.8. The van der Waals surface area contributed by atoms with E-state index in [0.29, 0.717) is 0 Å². The van der Waals surface area contributed by atoms with Crippen molar-refractivity contribution in [3.05, 3.63) is 5.21 Å². The smallest absolute Gasteiger partial charge is 0.332 e. The molecule has 0 aromatic carbocycles. The zero-order valence-corrected chi connectivity index (χ0v) is 12.1. The Bertz CT molecular complexity index is 358. The molecule has 0 radical (unpaired) electrons. The number of hydrazine groups is 1. The number of carbonyl (C=O) groups excluding carboxylic acids is 1. The average Bonchev–Trinajstić information content (AvgIpc) is 2.38. The van der Waals surface area contributed by atoms with Gasteiger partial charge in [0.1, 0.15) is 0 Å². The molecule has 0 saturated carbocycles. The minimum atomic E-state index is -1.13. The number of aliphatic carboxylic acids is 1. The van der Waals surface area contributed by atoms with Crippen LogP contribution >= 0.6 is 0 Å². The van der Waals surface area contributed by atoms with Gasteiger partial charge < -0.3 is 19.9 Å². The third kappa shape index (κ3) is 6.76. The molecule has 0 fully saturated rings. The highest BCUT2D eigenvalue weighted by Gasteiger charge is 2.29. The largest absolute Gasteiger partial charge is 0.569 e. The number of likely N-dealkylation sites (N-methyl/N-ethyl adjacent to an activating group) is 1. The van der Waals surface area contributed by atoms with Crippen molar-refractivity contribution in [3.63, 3.8) is 0 Å². The summed E-state index contributed by atoms with van der Waals surface area (Å²) in [4.78, 5) is 26.4. The molecule has 0 amide bonds. The predicted molar refractivity (Wildman–Crippen MR) is 67.0 cm³/mol. The standard InChI is InChI=1S/C11H21N3O6/c1-5-10(15)19-7-20-12-14(18)13(4)9(11(16)17)6-8(2)3/h8-9H,5-7H2,1-4H3,(H,16,17)/t9-/m0/s1. The highest BCUT2D eigenvalue weighted by Crippen LogP contribution is 2.11. The molecule has 0 aliphatic rings. The van der Waals surface area contributed by atoms with Crippen molar-refractivity contribution >= 4 is 11.9 Å². The molecule has 0 bridgehead atoms. The van der Waals surface area contributed by atoms with E-state index in [1.807, 2.05) is 13.8 Å². The molecule has 9 nitrogen and oxygen atoms in total. The van der Waals surface area contributed by atoms with Crippen LogP contribution in [0.1, 0.15) is 33.6 Å². The monoisotopic (exact) mass is 291 g/mol. The third-order valence-corrected chi connectivity index (χ3v) is 2.39. The Morgan fingerprint density at radius 2 is 2.05 bits per heavy atom. The van der Waals surface area contributed by atoms with E-state index in [9.17, 15) is 14.8 Å². The van der Waals surface area contributed by atoms with Gasteiger partial charge in [-0.3, -0.25) is 4.79 Å². The molecule has 0 aliphatic carbocycles. The van der Waals surface area contributed by atoms with Crippen LogP contribution in [-0.4, -0.2) is 46.9 Å². The van der Waals surface area contributed by atoms with E-state index >= 15 is 0 Å². The average molecular weight is 291 g/mol. The maximum atomic E-state index is 11.5. The number of esters is 1. The summed E-state index contributed by atoms with van der Waals surface area (Å²) in [6.07, 6.45) is 0.463. The Morgan fingerprint density at radius 1 is 1.45 bits per heavy atom. The predicted octanol–water partition coefficient (Wildman–Crippen LogP) is 1.14. The van der Waals surface area contributed by atoms with E-state index in [4.69, 9.17) is 5.11 Å². The van der Waals surface area contributed by atoms with Gasteiger partial charge in [0.2, 0.25) is 5.28 Å². The number of nitrogens with zero attached hydrogens (tertiary/aromatic N) is 3. The second-order valence-electron chi connectivity index (χ2n) is 4.51. The van der Waals surface area contributed by atoms with Crippen LogP contribution in [0, 0.1) is 11.1 Å². The van der Waals surface area contributed by atoms with E-state index in [1.54, 1.807) is 6.92 Å². The van der Waals surface area contributed by atoms with Gasteiger partial charge >= 0.3 is 11.9 Å². The van der Waals surface area contributed by atoms with Crippen LogP contribution in [0.5, 0.6) is 0 Å². The van der Waals surface area contributed by atoms with E-state index in [0.717, 1.165) is 5.01 Å². The van der Waals surface area contributed by atoms with Gasteiger partial charge in [0.15, 0.2) is 6.04 Å². The molecule has 0 aromatic rings. The molecule has 0 rings (SSSR count). The minimum absolute atomic E-state index is 0.0148. The maximum absolute atomic E-state index is 11.5. The van der Waals surface area contributed by atoms with Crippen molar-refractivity contribution in [3.8, 4) is 0 Å². The molecule has 9 heteroatoms. The number of hydrogen-bond acceptors (Lipinski definition) is 6. The number of ether oxygens (including phenoxy) is 1. The van der Waals surface area contributed by atoms with Crippen LogP contribution in [0.3, 0.4) is 0 Å². The molecule has 1 atom stereocenters. The summed E-state index contributed by atoms with van der Waals surface area (Å²) in [7, 11) is 1.29. The van der Waals surface area contributed by atoms with Gasteiger partial charge in [0, 0.05) is 6.42 Å². The molecular formula is C11H21N3O6. The summed E-state index contributed by atoms with van der Waals surface area (Å²) < 4.78 is 4.54. The van der Waals surface area contributed by atoms with Crippen LogP contribution in [0.4, 0.5) is 0 Å². The lowest BCUT2D eigenvalue weighted by Crippen LogP contribution is -2.43. The van der Waals surface area contributed by atoms with Crippen molar-refractivity contribution in [2.45, 2.75) is 39.7 Å². The van der Waals surface area contributed by atoms with Crippen LogP contribution < -0.4 is 0 Å². The molecule has 1 N–H and O–H groups in total. The van der Waals surface area contributed by atoms with Crippen LogP contribution in [-0.2, 0) is 19.2 Å². The lowest BCUT2D eigenvalue weighted by Gasteiger charge is -2.21. The van der Waals surface area contributed by atoms with Crippen LogP contribution in [0.2, 0.25) is 0 Å². The van der Waals surface area contributed by atoms with E-state index in [2.05, 4.69) is 14.9 Å². The fourth-order valence-electron chi connectivity index (χ4n) is 1.30. The molecule has 0 saturated heterocycles. The van der Waals surface area contributed by atoms with Crippen molar-refractivity contribution in [1.29, 1.82) is 0 Å². The van der Waals surface area contributed by atoms with E-state index in [-0.39, 0.29) is 23.7 Å². The molecule has 0 spiro atoms. The quantitative estimate of drug-likeness (QED) is 0.169. The first kappa shape index (κ1) is 17.9. The van der Waals surface area contributed by atoms with Crippen molar-refractivity contribution in [1.82, 2.24) is 5.01 Å². The number of hydrogen-bond donors (Lipinski definition) is 1. The van der Waals surface area contributed by atoms with Gasteiger partial charge in [-0.1, -0.05) is 20.8 Å². The fraction of sp³-hybridized carbons (Fsp3) is 0.818. The fourth-order valence-corrected chi connectivity index (χ4v) is 1.30. The summed E-state index contributed by atoms with van der Waals surface area (Å²) in [5.41, 5.74) is 0. The molecule has 0 heterocycles. The van der Waals surface area contributed by atoms with Gasteiger partial charge in [-0.25, -0.2) is 4.79 Å². The topological polar surface area (TPSA) is 114 Å². The summed E-state index contributed by atoms with van der Waals surface area (Å²) in [6.45, 7) is 4.80. The van der Waals surface area contributed by atoms with Crippen molar-refractivity contribution in [2.75, 3.05) is 13.8 Å². The number of rotatable bonds is 9. The Labute approximate surface area is 117 Å². The van der Waals surface area contributed by atoms with Crippen molar-refractivity contribution in [2.24, 2.45) is 11.2 Å². The summed E-state index contributed by atoms with van der Waals surface area (Å²) in [6, 6.07) is -1.02. The van der Waals surface area contributed by atoms with Crippen LogP contribution in [0.15, 0.2) is 5.28 Å². The normalized spacial score (nSPS) is 12.9. The Morgan fingerprint density at radius 3 is 2.50 bits per heavy atom. The zero-order valence-electron chi connectivity index (χ0n) is 12.1. The van der Waals surface area contributed by atoms with Gasteiger partial charge in [-0.2, -0.15) is 0 Å². The SMILES string of the molecule is CCC(=O)OCON=[N+]([O-])N(C)[C@@H](CC(C)C)C(=O)O. The zero-order chi connectivity index (χ0) is 15.7. The second kappa shape index (κ2) is 8.94. The van der Waals surface area contributed by atoms with Gasteiger partial charge in [-0.15, -0.1) is 5.01 Å². The Kier molecular flexibility index (Phi) is 8.02. The van der Waals surface area contributed by atoms with E-state index < -0.39 is 24.8 Å². The molecule has 20 heavy (non-hydrogen) atoms. The van der Waals surface area contributed by atoms with Gasteiger partial charge in [0.25, 0.3) is 6.79 Å². The Hall–Kier alpha value is -2.06. The van der Waals surface area contributed by atoms with E-state index in [1.165, 1.54) is 7.05 Å². The second-order valence-corrected chi connectivity index (χ2v) is 4.51. The summed E-state index contributed by atoms with van der Waals surface area (Å²) >= 11 is 0. The number of carboxylic acids is 1. The lowest BCUT2D eigenvalue weighted by atomic mass is 10.0. The number of carbonyl (C=O) groups is 2. The lowest BCUT2D eigenvalue weighted by molar-refractivity contribution is -0.711. The van der Waals surface area contributed by atoms with Gasteiger partial charge in [-0.05, 0) is 12.3 Å². The Balaban J connectivity index is 4.44. The van der Waals surface area contributed by atoms with Gasteiger partial charge in [0.05, 0.1) is 12.0 Å². The highest BCUT2D eigenvalue weighted by molar-refractivity contribution is 5.73. The molecular weight excluding hydrogens is 270 g/mol. The molecule has 116 valence electrons. The molecule has 0 unspecified atom stereocenters. The maximum Gasteiger partial charge on any atom is 0.332 e. The first-order valence-electron chi connectivity index (χ1n) is 6.20. The summed E-state index contributed by atoms with van der Waals surface area (Å²) in [5, 5.41) is 24.6. The minimum Gasteiger partial charge on any atom is -0.569 e. The molecule has 0 aromatic heterocycles. The third-order valence-electron chi connectivity index (χ3n) is 2.39. The first-order valence-corrected chi connectivity index (χ1v) is 6.20. The van der Waals surface area contributed by atoms with Crippen LogP contribution in [0.25, 0.3) is 0 Å². The number of carboxylic acid groups (broad SMARTS) is 1. The molecule has 0 aliphatic heterocycles.